The zero-order valence-corrected chi connectivity index (χ0v) is 74.2. The molecule has 0 spiro atoms. The standard InChI is InChI=1S/C39H76N2O9S4.C27H48N2O5.C15H22N2O2.C6H12O2.CH4/c42-39(50-16-4-3-14-44-24-30-54-32-26-48-20-18-46-22-28-52)41-38-11-7-36(8-12-38)33-35-5-9-37(10-6-35)40-34-49-15-2-1-13-43-23-29-53-31-25-47-19-17-45-21-27-51;1-3-31-17-5-6-19-33-22-28-25-13-9-23(10-14-25)21-24-11-15-26(16-12-24)29-27(30)34-20-8-7-18-32-4-2;16-10-19-15-7-3-13(4-8-15)9-12-1-5-14(6-2-12)17-11-18;1-2-8-6-4-3-5-7;/h35-38,40,51-52H,1-34H2,(H,41,42);3-4,23-26,28H,1-2,5-22H2,(H,29,30);12-15H,1-9H2;2,7H,1,3-6H2;1H4. The molecule has 6 fully saturated rings. The summed E-state index contributed by atoms with van der Waals surface area (Å²) in [6.45, 7) is 24.9. The summed E-state index contributed by atoms with van der Waals surface area (Å²) in [7, 11) is 0. The fraction of sp³-hybridized carbons (Fsp3) is 0.886. The molecule has 28 heteroatoms. The number of aliphatic hydroxyl groups is 1. The molecule has 2 amide bonds. The number of nitrogens with one attached hydrogen (secondary N) is 4. The average molecular weight is 1720 g/mol. The Balaban J connectivity index is 0.000000618. The van der Waals surface area contributed by atoms with Crippen molar-refractivity contribution in [2.45, 2.75) is 281 Å². The van der Waals surface area contributed by atoms with Gasteiger partial charge in [0.1, 0.15) is 6.10 Å². The fourth-order valence-corrected chi connectivity index (χ4v) is 17.3. The Morgan fingerprint density at radius 1 is 0.397 bits per heavy atom. The quantitative estimate of drug-likeness (QED) is 0.00566. The van der Waals surface area contributed by atoms with Crippen molar-refractivity contribution < 1.29 is 85.8 Å². The zero-order valence-electron chi connectivity index (χ0n) is 70.7. The number of thioether (sulfide) groups is 2. The lowest BCUT2D eigenvalue weighted by Gasteiger charge is -2.34. The van der Waals surface area contributed by atoms with Crippen LogP contribution in [0.25, 0.3) is 0 Å². The van der Waals surface area contributed by atoms with E-state index in [1.165, 1.54) is 141 Å². The van der Waals surface area contributed by atoms with Crippen LogP contribution in [0.1, 0.15) is 245 Å². The second-order valence-corrected chi connectivity index (χ2v) is 34.5. The third kappa shape index (κ3) is 64.6. The maximum atomic E-state index is 12.3. The number of nitriles is 1. The first-order valence-corrected chi connectivity index (χ1v) is 47.9. The van der Waals surface area contributed by atoms with E-state index in [1.807, 2.05) is 29.8 Å². The van der Waals surface area contributed by atoms with Gasteiger partial charge in [0.25, 0.3) is 6.26 Å². The van der Waals surface area contributed by atoms with Crippen molar-refractivity contribution >= 4 is 67.0 Å². The minimum Gasteiger partial charge on any atom is -0.502 e. The van der Waals surface area contributed by atoms with Gasteiger partial charge in [-0.05, 0) is 273 Å². The van der Waals surface area contributed by atoms with Gasteiger partial charge in [0.15, 0.2) is 0 Å². The molecule has 0 unspecified atom stereocenters. The van der Waals surface area contributed by atoms with E-state index < -0.39 is 0 Å². The van der Waals surface area contributed by atoms with Gasteiger partial charge in [0.05, 0.1) is 137 Å². The van der Waals surface area contributed by atoms with Crippen molar-refractivity contribution in [2.75, 3.05) is 180 Å². The van der Waals surface area contributed by atoms with E-state index in [4.69, 9.17) is 76.7 Å². The molecule has 0 heterocycles. The molecule has 676 valence electrons. The van der Waals surface area contributed by atoms with Gasteiger partial charge < -0.3 is 82.1 Å². The summed E-state index contributed by atoms with van der Waals surface area (Å²) in [4.78, 5) is 38.4. The number of thiol groups is 2. The van der Waals surface area contributed by atoms with Crippen LogP contribution in [-0.4, -0.2) is 240 Å². The molecule has 0 aromatic carbocycles. The van der Waals surface area contributed by atoms with Gasteiger partial charge in [-0.3, -0.25) is 10.6 Å². The van der Waals surface area contributed by atoms with Gasteiger partial charge >= 0.3 is 12.2 Å². The van der Waals surface area contributed by atoms with E-state index in [0.29, 0.717) is 98.2 Å². The lowest BCUT2D eigenvalue weighted by atomic mass is 9.76. The first kappa shape index (κ1) is 109. The predicted molar refractivity (Wildman–Crippen MR) is 476 cm³/mol. The van der Waals surface area contributed by atoms with Gasteiger partial charge in [-0.15, -0.1) is 0 Å². The molecular formula is C88H162N6O18S4. The lowest BCUT2D eigenvalue weighted by molar-refractivity contribution is 0.0605. The summed E-state index contributed by atoms with van der Waals surface area (Å²) in [5.41, 5.74) is 0. The monoisotopic (exact) mass is 1720 g/mol. The number of aliphatic hydroxyl groups excluding tert-OH is 1. The Kier molecular flexibility index (Phi) is 76.4. The van der Waals surface area contributed by atoms with E-state index >= 15 is 0 Å². The molecule has 24 nitrogen and oxygen atoms in total. The number of alkyl carbamates (subject to hydrolysis) is 2. The number of nitrogens with zero attached hydrogens (tertiary/aromatic N) is 2. The zero-order chi connectivity index (χ0) is 82.4. The third-order valence-electron chi connectivity index (χ3n) is 22.2. The maximum Gasteiger partial charge on any atom is 0.407 e. The molecule has 6 rings (SSSR count). The summed E-state index contributed by atoms with van der Waals surface area (Å²) in [6.07, 6.45) is 49.0. The summed E-state index contributed by atoms with van der Waals surface area (Å²) in [6, 6.07) is 1.92. The first-order valence-electron chi connectivity index (χ1n) is 44.4. The average Bonchev–Trinajstić information content (AvgIpc) is 1.02. The molecule has 6 aliphatic rings. The first-order chi connectivity index (χ1) is 56.6. The number of hydrogen-bond donors (Lipinski definition) is 7. The van der Waals surface area contributed by atoms with E-state index in [0.717, 1.165) is 238 Å². The summed E-state index contributed by atoms with van der Waals surface area (Å²) < 4.78 is 75.4. The van der Waals surface area contributed by atoms with Crippen LogP contribution in [0.5, 0.6) is 0 Å². The number of isocyanates is 1. The summed E-state index contributed by atoms with van der Waals surface area (Å²) >= 11 is 11.9. The fourth-order valence-electron chi connectivity index (χ4n) is 15.7. The highest BCUT2D eigenvalue weighted by Crippen LogP contribution is 2.39. The molecule has 0 aromatic rings. The SMILES string of the molecule is C.C=COCCCCO.C=COCCCCOCNC1CCC(CC2CCC(NC(=O)OCCCCOC=C)CC2)CC1.N#COC1CCC(CC2CCC(N=C=O)CC2)CC1.O=C(NC1CCC(CC2CCC(NCOCCCCOCCSCCOCCOCCS)CC2)CC1)OCCCCOCCSCCOCCOCCS. The van der Waals surface area contributed by atoms with Gasteiger partial charge in [0, 0.05) is 91.7 Å². The topological polar surface area (TPSA) is 285 Å². The molecule has 6 saturated carbocycles. The molecule has 5 N–H and O–H groups in total. The minimum atomic E-state index is -0.274. The van der Waals surface area contributed by atoms with Crippen molar-refractivity contribution in [3.8, 4) is 6.26 Å². The second kappa shape index (κ2) is 81.5. The molecule has 0 aromatic heterocycles. The van der Waals surface area contributed by atoms with E-state index in [-0.39, 0.29) is 50.4 Å². The van der Waals surface area contributed by atoms with Crippen LogP contribution >= 0.6 is 48.8 Å². The van der Waals surface area contributed by atoms with Crippen molar-refractivity contribution in [3.63, 3.8) is 0 Å². The van der Waals surface area contributed by atoms with Crippen molar-refractivity contribution in [1.29, 1.82) is 5.26 Å². The number of ether oxygens (including phenoxy) is 14. The second-order valence-electron chi connectivity index (χ2n) is 31.1. The smallest absolute Gasteiger partial charge is 0.407 e. The van der Waals surface area contributed by atoms with Crippen LogP contribution in [-0.2, 0) is 71.1 Å². The van der Waals surface area contributed by atoms with Gasteiger partial charge in [-0.25, -0.2) is 19.4 Å². The highest BCUT2D eigenvalue weighted by Gasteiger charge is 2.31. The Hall–Kier alpha value is -3.21. The molecule has 0 aliphatic heterocycles. The van der Waals surface area contributed by atoms with Crippen molar-refractivity contribution in [2.24, 2.45) is 40.5 Å². The lowest BCUT2D eigenvalue weighted by Crippen LogP contribution is -2.38. The minimum absolute atomic E-state index is 0. The van der Waals surface area contributed by atoms with Crippen LogP contribution in [0.3, 0.4) is 0 Å². The van der Waals surface area contributed by atoms with Crippen LogP contribution in [0.15, 0.2) is 43.5 Å². The Bertz CT molecular complexity index is 2320. The maximum absolute atomic E-state index is 12.3. The number of aliphatic imine (C=N–C) groups is 1. The highest BCUT2D eigenvalue weighted by molar-refractivity contribution is 7.99. The van der Waals surface area contributed by atoms with E-state index in [2.05, 4.69) is 71.3 Å². The Labute approximate surface area is 721 Å². The number of rotatable bonds is 65. The molecule has 0 radical (unpaired) electrons. The van der Waals surface area contributed by atoms with Crippen LogP contribution in [0.2, 0.25) is 0 Å². The Morgan fingerprint density at radius 3 is 1.03 bits per heavy atom. The Morgan fingerprint density at radius 2 is 0.698 bits per heavy atom. The predicted octanol–water partition coefficient (Wildman–Crippen LogP) is 17.3. The number of unbranched alkanes of at least 4 members (excludes halogenated alkanes) is 5. The van der Waals surface area contributed by atoms with E-state index in [9.17, 15) is 14.4 Å². The highest BCUT2D eigenvalue weighted by atomic mass is 32.2. The van der Waals surface area contributed by atoms with Crippen LogP contribution < -0.4 is 21.3 Å². The van der Waals surface area contributed by atoms with Crippen molar-refractivity contribution in [3.05, 3.63) is 38.5 Å². The third-order valence-corrected chi connectivity index (χ3v) is 24.4. The van der Waals surface area contributed by atoms with Crippen molar-refractivity contribution in [1.82, 2.24) is 21.3 Å². The number of amides is 2. The number of carbonyl (C=O) groups is 2. The van der Waals surface area contributed by atoms with E-state index in [1.54, 1.807) is 6.08 Å². The molecule has 6 aliphatic carbocycles. The molecule has 0 saturated heterocycles. The number of carbonyl (C=O) groups excluding carboxylic acids is 3. The molecular weight excluding hydrogens is 1560 g/mol. The number of hydrogen-bond acceptors (Lipinski definition) is 26. The van der Waals surface area contributed by atoms with Crippen LogP contribution in [0, 0.1) is 47.0 Å². The molecule has 0 bridgehead atoms. The summed E-state index contributed by atoms with van der Waals surface area (Å²) in [5, 5.41) is 30.1. The largest absolute Gasteiger partial charge is 0.502 e. The molecule has 0 atom stereocenters. The summed E-state index contributed by atoms with van der Waals surface area (Å²) in [5.74, 6) is 10.3. The normalized spacial score (nSPS) is 23.0. The van der Waals surface area contributed by atoms with Gasteiger partial charge in [0.2, 0.25) is 6.08 Å². The van der Waals surface area contributed by atoms with Gasteiger partial charge in [-0.1, -0.05) is 27.2 Å². The van der Waals surface area contributed by atoms with Crippen LogP contribution in [0.4, 0.5) is 9.59 Å². The van der Waals surface area contributed by atoms with Gasteiger partial charge in [-0.2, -0.15) is 54.0 Å². The molecule has 116 heavy (non-hydrogen) atoms.